The second kappa shape index (κ2) is 5.95. The van der Waals surface area contributed by atoms with Gasteiger partial charge in [0.15, 0.2) is 0 Å². The molecule has 1 rings (SSSR count). The standard InChI is InChI=1S/C12H17FN2O2S/c1-8(2)15(3)12(16)7-18(17)11-5-9(13)4-10(14)6-11/h4-6,8H,7,14H2,1-3H3. The molecule has 18 heavy (non-hydrogen) atoms. The Hall–Kier alpha value is -1.43. The molecule has 0 aliphatic carbocycles. The summed E-state index contributed by atoms with van der Waals surface area (Å²) in [5, 5.41) is 0. The number of benzene rings is 1. The highest BCUT2D eigenvalue weighted by Crippen LogP contribution is 2.15. The number of nitrogen functional groups attached to an aromatic ring is 1. The number of nitrogens with two attached hydrogens (primary N) is 1. The molecule has 0 radical (unpaired) electrons. The zero-order valence-electron chi connectivity index (χ0n) is 10.6. The van der Waals surface area contributed by atoms with Crippen LogP contribution in [0.15, 0.2) is 23.1 Å². The molecule has 1 amide bonds. The van der Waals surface area contributed by atoms with Crippen LogP contribution >= 0.6 is 0 Å². The molecule has 6 heteroatoms. The molecule has 0 bridgehead atoms. The van der Waals surface area contributed by atoms with E-state index in [9.17, 15) is 13.4 Å². The van der Waals surface area contributed by atoms with Gasteiger partial charge in [0, 0.05) is 23.7 Å². The minimum atomic E-state index is -1.58. The van der Waals surface area contributed by atoms with Crippen LogP contribution in [0.5, 0.6) is 0 Å². The van der Waals surface area contributed by atoms with Gasteiger partial charge in [-0.05, 0) is 32.0 Å². The van der Waals surface area contributed by atoms with Crippen LogP contribution in [0.1, 0.15) is 13.8 Å². The van der Waals surface area contributed by atoms with Crippen LogP contribution in [0.4, 0.5) is 10.1 Å². The first-order valence-corrected chi connectivity index (χ1v) is 6.83. The second-order valence-electron chi connectivity index (χ2n) is 4.31. The van der Waals surface area contributed by atoms with E-state index in [1.54, 1.807) is 7.05 Å². The normalized spacial score (nSPS) is 12.5. The third-order valence-electron chi connectivity index (χ3n) is 2.58. The topological polar surface area (TPSA) is 63.4 Å². The fraction of sp³-hybridized carbons (Fsp3) is 0.417. The van der Waals surface area contributed by atoms with Gasteiger partial charge in [-0.3, -0.25) is 9.00 Å². The molecule has 0 aliphatic rings. The summed E-state index contributed by atoms with van der Waals surface area (Å²) in [6.45, 7) is 3.72. The van der Waals surface area contributed by atoms with Gasteiger partial charge in [-0.2, -0.15) is 0 Å². The number of carbonyl (C=O) groups excluding carboxylic acids is 1. The lowest BCUT2D eigenvalue weighted by atomic mass is 10.3. The third-order valence-corrected chi connectivity index (χ3v) is 3.85. The molecular formula is C12H17FN2O2S. The smallest absolute Gasteiger partial charge is 0.235 e. The van der Waals surface area contributed by atoms with Gasteiger partial charge in [0.1, 0.15) is 11.6 Å². The van der Waals surface area contributed by atoms with Crippen molar-refractivity contribution in [2.75, 3.05) is 18.5 Å². The largest absolute Gasteiger partial charge is 0.399 e. The highest BCUT2D eigenvalue weighted by Gasteiger charge is 2.17. The average molecular weight is 272 g/mol. The molecule has 1 unspecified atom stereocenters. The maximum atomic E-state index is 13.1. The number of anilines is 1. The van der Waals surface area contributed by atoms with E-state index in [1.807, 2.05) is 13.8 Å². The predicted octanol–water partition coefficient (Wildman–Crippen LogP) is 1.38. The lowest BCUT2D eigenvalue weighted by Gasteiger charge is -2.21. The van der Waals surface area contributed by atoms with Gasteiger partial charge in [-0.15, -0.1) is 0 Å². The van der Waals surface area contributed by atoms with Crippen molar-refractivity contribution in [2.45, 2.75) is 24.8 Å². The Bertz CT molecular complexity index is 457. The SMILES string of the molecule is CC(C)N(C)C(=O)CS(=O)c1cc(N)cc(F)c1. The number of nitrogens with zero attached hydrogens (tertiary/aromatic N) is 1. The minimum absolute atomic E-state index is 0.0343. The molecule has 0 saturated heterocycles. The Morgan fingerprint density at radius 3 is 2.56 bits per heavy atom. The van der Waals surface area contributed by atoms with Crippen LogP contribution in [0.2, 0.25) is 0 Å². The van der Waals surface area contributed by atoms with Crippen LogP contribution in [0, 0.1) is 5.82 Å². The van der Waals surface area contributed by atoms with Gasteiger partial charge in [-0.25, -0.2) is 4.39 Å². The maximum Gasteiger partial charge on any atom is 0.235 e. The molecule has 0 spiro atoms. The summed E-state index contributed by atoms with van der Waals surface area (Å²) in [7, 11) is 0.0606. The summed E-state index contributed by atoms with van der Waals surface area (Å²) in [6.07, 6.45) is 0. The van der Waals surface area contributed by atoms with Crippen molar-refractivity contribution in [1.29, 1.82) is 0 Å². The van der Waals surface area contributed by atoms with E-state index in [0.717, 1.165) is 12.1 Å². The van der Waals surface area contributed by atoms with Crippen molar-refractivity contribution in [3.05, 3.63) is 24.0 Å². The summed E-state index contributed by atoms with van der Waals surface area (Å²) in [4.78, 5) is 13.5. The molecule has 4 nitrogen and oxygen atoms in total. The van der Waals surface area contributed by atoms with Crippen molar-refractivity contribution in [2.24, 2.45) is 0 Å². The van der Waals surface area contributed by atoms with Crippen molar-refractivity contribution in [3.63, 3.8) is 0 Å². The molecule has 1 aromatic rings. The molecule has 1 atom stereocenters. The molecule has 0 heterocycles. The maximum absolute atomic E-state index is 13.1. The van der Waals surface area contributed by atoms with E-state index in [0.29, 0.717) is 0 Å². The number of rotatable bonds is 4. The van der Waals surface area contributed by atoms with Crippen LogP contribution in [0.25, 0.3) is 0 Å². The Labute approximate surface area is 108 Å². The molecule has 0 fully saturated rings. The lowest BCUT2D eigenvalue weighted by molar-refractivity contribution is -0.128. The van der Waals surface area contributed by atoms with E-state index in [-0.39, 0.29) is 28.3 Å². The van der Waals surface area contributed by atoms with Gasteiger partial charge < -0.3 is 10.6 Å². The highest BCUT2D eigenvalue weighted by atomic mass is 32.2. The van der Waals surface area contributed by atoms with Crippen molar-refractivity contribution in [3.8, 4) is 0 Å². The van der Waals surface area contributed by atoms with E-state index in [4.69, 9.17) is 5.73 Å². The van der Waals surface area contributed by atoms with Gasteiger partial charge in [0.25, 0.3) is 0 Å². The summed E-state index contributed by atoms with van der Waals surface area (Å²) in [5.41, 5.74) is 5.66. The number of halogens is 1. The first-order chi connectivity index (χ1) is 8.31. The van der Waals surface area contributed by atoms with Gasteiger partial charge >= 0.3 is 0 Å². The molecule has 100 valence electrons. The zero-order chi connectivity index (χ0) is 13.9. The van der Waals surface area contributed by atoms with Crippen molar-refractivity contribution < 1.29 is 13.4 Å². The Balaban J connectivity index is 2.80. The highest BCUT2D eigenvalue weighted by molar-refractivity contribution is 7.85. The summed E-state index contributed by atoms with van der Waals surface area (Å²) in [5.74, 6) is -0.966. The Morgan fingerprint density at radius 1 is 1.44 bits per heavy atom. The Morgan fingerprint density at radius 2 is 2.06 bits per heavy atom. The van der Waals surface area contributed by atoms with Crippen LogP contribution in [-0.2, 0) is 15.6 Å². The average Bonchev–Trinajstić information content (AvgIpc) is 2.26. The fourth-order valence-corrected chi connectivity index (χ4v) is 2.41. The number of amides is 1. The quantitative estimate of drug-likeness (QED) is 0.842. The van der Waals surface area contributed by atoms with E-state index >= 15 is 0 Å². The van der Waals surface area contributed by atoms with E-state index in [2.05, 4.69) is 0 Å². The molecule has 2 N–H and O–H groups in total. The zero-order valence-corrected chi connectivity index (χ0v) is 11.5. The van der Waals surface area contributed by atoms with E-state index < -0.39 is 16.6 Å². The second-order valence-corrected chi connectivity index (χ2v) is 5.76. The Kier molecular flexibility index (Phi) is 4.84. The van der Waals surface area contributed by atoms with Gasteiger partial charge in [-0.1, -0.05) is 0 Å². The molecule has 0 saturated carbocycles. The molecular weight excluding hydrogens is 255 g/mol. The van der Waals surface area contributed by atoms with Gasteiger partial charge in [0.2, 0.25) is 5.91 Å². The van der Waals surface area contributed by atoms with E-state index in [1.165, 1.54) is 11.0 Å². The molecule has 0 aromatic heterocycles. The van der Waals surface area contributed by atoms with Crippen LogP contribution in [0.3, 0.4) is 0 Å². The van der Waals surface area contributed by atoms with Crippen molar-refractivity contribution in [1.82, 2.24) is 4.90 Å². The first-order valence-electron chi connectivity index (χ1n) is 5.51. The lowest BCUT2D eigenvalue weighted by Crippen LogP contribution is -2.36. The molecule has 1 aromatic carbocycles. The number of hydrogen-bond acceptors (Lipinski definition) is 3. The molecule has 0 aliphatic heterocycles. The third kappa shape index (κ3) is 3.80. The first kappa shape index (κ1) is 14.6. The number of hydrogen-bond donors (Lipinski definition) is 1. The van der Waals surface area contributed by atoms with Gasteiger partial charge in [0.05, 0.1) is 10.8 Å². The minimum Gasteiger partial charge on any atom is -0.399 e. The summed E-state index contributed by atoms with van der Waals surface area (Å²) in [6, 6.07) is 3.73. The van der Waals surface area contributed by atoms with Crippen molar-refractivity contribution >= 4 is 22.4 Å². The van der Waals surface area contributed by atoms with Crippen LogP contribution < -0.4 is 5.73 Å². The number of carbonyl (C=O) groups is 1. The fourth-order valence-electron chi connectivity index (χ4n) is 1.30. The monoisotopic (exact) mass is 272 g/mol. The predicted molar refractivity (Wildman–Crippen MR) is 70.0 cm³/mol. The summed E-state index contributed by atoms with van der Waals surface area (Å²) >= 11 is 0. The van der Waals surface area contributed by atoms with Crippen LogP contribution in [-0.4, -0.2) is 33.9 Å². The summed E-state index contributed by atoms with van der Waals surface area (Å²) < 4.78 is 25.0.